The minimum atomic E-state index is 0.396. The first-order valence-electron chi connectivity index (χ1n) is 5.72. The maximum absolute atomic E-state index is 4.47. The highest BCUT2D eigenvalue weighted by molar-refractivity contribution is 7.10. The second kappa shape index (κ2) is 4.84. The number of rotatable bonds is 3. The van der Waals surface area contributed by atoms with Gasteiger partial charge in [-0.05, 0) is 24.3 Å². The lowest BCUT2D eigenvalue weighted by atomic mass is 9.98. The van der Waals surface area contributed by atoms with E-state index in [1.807, 2.05) is 7.05 Å². The molecule has 2 aromatic heterocycles. The fourth-order valence-electron chi connectivity index (χ4n) is 1.99. The smallest absolute Gasteiger partial charge is 0.133 e. The SMILES string of the molecule is CNc1ncnc(-c2ccsc2C)c1C(C)C. The van der Waals surface area contributed by atoms with Crippen molar-refractivity contribution in [2.24, 2.45) is 0 Å². The van der Waals surface area contributed by atoms with Crippen LogP contribution >= 0.6 is 11.3 Å². The molecule has 0 aliphatic carbocycles. The summed E-state index contributed by atoms with van der Waals surface area (Å²) < 4.78 is 0. The summed E-state index contributed by atoms with van der Waals surface area (Å²) in [7, 11) is 1.90. The van der Waals surface area contributed by atoms with E-state index < -0.39 is 0 Å². The maximum Gasteiger partial charge on any atom is 0.133 e. The molecule has 0 fully saturated rings. The van der Waals surface area contributed by atoms with Crippen LogP contribution in [0.5, 0.6) is 0 Å². The monoisotopic (exact) mass is 247 g/mol. The molecule has 0 bridgehead atoms. The molecule has 17 heavy (non-hydrogen) atoms. The predicted octanol–water partition coefficient (Wildman–Crippen LogP) is 3.68. The lowest BCUT2D eigenvalue weighted by Gasteiger charge is -2.15. The molecule has 3 nitrogen and oxygen atoms in total. The molecule has 0 aliphatic heterocycles. The fourth-order valence-corrected chi connectivity index (χ4v) is 2.69. The van der Waals surface area contributed by atoms with Crippen molar-refractivity contribution in [2.45, 2.75) is 26.7 Å². The average Bonchev–Trinajstić information content (AvgIpc) is 2.74. The Hall–Kier alpha value is -1.42. The molecule has 0 aliphatic rings. The molecule has 0 unspecified atom stereocenters. The van der Waals surface area contributed by atoms with E-state index in [4.69, 9.17) is 0 Å². The van der Waals surface area contributed by atoms with Crippen LogP contribution < -0.4 is 5.32 Å². The van der Waals surface area contributed by atoms with Crippen molar-refractivity contribution in [3.8, 4) is 11.3 Å². The summed E-state index contributed by atoms with van der Waals surface area (Å²) in [5, 5.41) is 5.26. The number of aryl methyl sites for hydroxylation is 1. The topological polar surface area (TPSA) is 37.8 Å². The Morgan fingerprint density at radius 2 is 2.06 bits per heavy atom. The van der Waals surface area contributed by atoms with E-state index in [-0.39, 0.29) is 0 Å². The van der Waals surface area contributed by atoms with E-state index in [9.17, 15) is 0 Å². The van der Waals surface area contributed by atoms with Crippen molar-refractivity contribution in [3.05, 3.63) is 28.2 Å². The number of hydrogen-bond donors (Lipinski definition) is 1. The van der Waals surface area contributed by atoms with Crippen LogP contribution in [-0.4, -0.2) is 17.0 Å². The average molecular weight is 247 g/mol. The van der Waals surface area contributed by atoms with Crippen LogP contribution in [0, 0.1) is 6.92 Å². The molecule has 1 N–H and O–H groups in total. The summed E-state index contributed by atoms with van der Waals surface area (Å²) in [5.41, 5.74) is 3.47. The van der Waals surface area contributed by atoms with Crippen LogP contribution in [0.25, 0.3) is 11.3 Å². The van der Waals surface area contributed by atoms with Crippen LogP contribution in [0.2, 0.25) is 0 Å². The Morgan fingerprint density at radius 3 is 2.59 bits per heavy atom. The van der Waals surface area contributed by atoms with Crippen molar-refractivity contribution in [1.29, 1.82) is 0 Å². The highest BCUT2D eigenvalue weighted by Crippen LogP contribution is 2.34. The van der Waals surface area contributed by atoms with Crippen LogP contribution in [0.3, 0.4) is 0 Å². The van der Waals surface area contributed by atoms with Gasteiger partial charge in [-0.1, -0.05) is 13.8 Å². The molecule has 90 valence electrons. The molecule has 2 aromatic rings. The van der Waals surface area contributed by atoms with Gasteiger partial charge in [0.05, 0.1) is 5.69 Å². The molecule has 0 atom stereocenters. The molecule has 0 saturated heterocycles. The summed E-state index contributed by atoms with van der Waals surface area (Å²) >= 11 is 1.75. The Kier molecular flexibility index (Phi) is 3.43. The van der Waals surface area contributed by atoms with E-state index in [1.54, 1.807) is 17.7 Å². The standard InChI is InChI=1S/C13H17N3S/c1-8(2)11-12(10-5-6-17-9(10)3)15-7-16-13(11)14-4/h5-8H,1-4H3,(H,14,15,16). The zero-order chi connectivity index (χ0) is 12.4. The normalized spacial score (nSPS) is 10.9. The Bertz CT molecular complexity index is 517. The van der Waals surface area contributed by atoms with Crippen molar-refractivity contribution in [1.82, 2.24) is 9.97 Å². The zero-order valence-electron chi connectivity index (χ0n) is 10.6. The van der Waals surface area contributed by atoms with Gasteiger partial charge in [0, 0.05) is 23.1 Å². The lowest BCUT2D eigenvalue weighted by Crippen LogP contribution is -2.04. The van der Waals surface area contributed by atoms with Crippen LogP contribution in [0.15, 0.2) is 17.8 Å². The minimum Gasteiger partial charge on any atom is -0.373 e. The number of nitrogens with one attached hydrogen (secondary N) is 1. The number of nitrogens with zero attached hydrogens (tertiary/aromatic N) is 2. The second-order valence-electron chi connectivity index (χ2n) is 4.28. The zero-order valence-corrected chi connectivity index (χ0v) is 11.4. The number of hydrogen-bond acceptors (Lipinski definition) is 4. The minimum absolute atomic E-state index is 0.396. The summed E-state index contributed by atoms with van der Waals surface area (Å²) in [6.45, 7) is 6.47. The maximum atomic E-state index is 4.47. The van der Waals surface area contributed by atoms with Gasteiger partial charge >= 0.3 is 0 Å². The second-order valence-corrected chi connectivity index (χ2v) is 5.40. The van der Waals surface area contributed by atoms with Gasteiger partial charge in [0.15, 0.2) is 0 Å². The van der Waals surface area contributed by atoms with Gasteiger partial charge in [-0.15, -0.1) is 11.3 Å². The molecule has 2 heterocycles. The van der Waals surface area contributed by atoms with Gasteiger partial charge in [-0.3, -0.25) is 0 Å². The molecule has 2 rings (SSSR count). The highest BCUT2D eigenvalue weighted by Gasteiger charge is 2.17. The first-order chi connectivity index (χ1) is 8.15. The Morgan fingerprint density at radius 1 is 1.29 bits per heavy atom. The Balaban J connectivity index is 2.65. The first-order valence-corrected chi connectivity index (χ1v) is 6.60. The third-order valence-electron chi connectivity index (χ3n) is 2.81. The summed E-state index contributed by atoms with van der Waals surface area (Å²) in [6.07, 6.45) is 1.63. The molecule has 0 radical (unpaired) electrons. The molecule has 0 spiro atoms. The van der Waals surface area contributed by atoms with Crippen molar-refractivity contribution in [3.63, 3.8) is 0 Å². The van der Waals surface area contributed by atoms with Gasteiger partial charge < -0.3 is 5.32 Å². The molecule has 0 aromatic carbocycles. The lowest BCUT2D eigenvalue weighted by molar-refractivity contribution is 0.852. The van der Waals surface area contributed by atoms with Crippen molar-refractivity contribution >= 4 is 17.2 Å². The van der Waals surface area contributed by atoms with Gasteiger partial charge in [0.25, 0.3) is 0 Å². The van der Waals surface area contributed by atoms with Crippen molar-refractivity contribution < 1.29 is 0 Å². The predicted molar refractivity (Wildman–Crippen MR) is 73.7 cm³/mol. The molecule has 4 heteroatoms. The van der Waals surface area contributed by atoms with Crippen LogP contribution in [0.4, 0.5) is 5.82 Å². The first kappa shape index (κ1) is 12.0. The van der Waals surface area contributed by atoms with E-state index in [1.165, 1.54) is 16.0 Å². The third kappa shape index (κ3) is 2.17. The summed E-state index contributed by atoms with van der Waals surface area (Å²) in [4.78, 5) is 10.1. The van der Waals surface area contributed by atoms with Gasteiger partial charge in [-0.2, -0.15) is 0 Å². The number of thiophene rings is 1. The van der Waals surface area contributed by atoms with Gasteiger partial charge in [-0.25, -0.2) is 9.97 Å². The number of anilines is 1. The molecule has 0 saturated carbocycles. The van der Waals surface area contributed by atoms with Crippen molar-refractivity contribution in [2.75, 3.05) is 12.4 Å². The third-order valence-corrected chi connectivity index (χ3v) is 3.66. The van der Waals surface area contributed by atoms with E-state index in [0.717, 1.165) is 11.5 Å². The largest absolute Gasteiger partial charge is 0.373 e. The molecular weight excluding hydrogens is 230 g/mol. The van der Waals surface area contributed by atoms with Gasteiger partial charge in [0.2, 0.25) is 0 Å². The van der Waals surface area contributed by atoms with E-state index in [2.05, 4.69) is 47.5 Å². The Labute approximate surface area is 106 Å². The van der Waals surface area contributed by atoms with Crippen LogP contribution in [-0.2, 0) is 0 Å². The van der Waals surface area contributed by atoms with Crippen LogP contribution in [0.1, 0.15) is 30.2 Å². The van der Waals surface area contributed by atoms with Gasteiger partial charge in [0.1, 0.15) is 12.1 Å². The molecule has 0 amide bonds. The fraction of sp³-hybridized carbons (Fsp3) is 0.385. The summed E-state index contributed by atoms with van der Waals surface area (Å²) in [5.74, 6) is 1.32. The summed E-state index contributed by atoms with van der Waals surface area (Å²) in [6, 6.07) is 2.13. The quantitative estimate of drug-likeness (QED) is 0.899. The highest BCUT2D eigenvalue weighted by atomic mass is 32.1. The molecular formula is C13H17N3S. The van der Waals surface area contributed by atoms with E-state index >= 15 is 0 Å². The number of aromatic nitrogens is 2. The van der Waals surface area contributed by atoms with E-state index in [0.29, 0.717) is 5.92 Å².